The Morgan fingerprint density at radius 2 is 1.42 bits per heavy atom. The second-order valence-corrected chi connectivity index (χ2v) is 7.92. The summed E-state index contributed by atoms with van der Waals surface area (Å²) >= 11 is 1.36. The predicted molar refractivity (Wildman–Crippen MR) is 118 cm³/mol. The number of carbonyl (C=O) groups excluding carboxylic acids is 4. The number of amides is 4. The van der Waals surface area contributed by atoms with E-state index in [0.29, 0.717) is 33.8 Å². The molecule has 1 aromatic heterocycles. The molecule has 2 N–H and O–H groups in total. The Morgan fingerprint density at radius 1 is 0.806 bits per heavy atom. The summed E-state index contributed by atoms with van der Waals surface area (Å²) in [5, 5.41) is 7.41. The van der Waals surface area contributed by atoms with Crippen LogP contribution < -0.4 is 10.6 Å². The maximum atomic E-state index is 12.3. The van der Waals surface area contributed by atoms with Gasteiger partial charge in [-0.05, 0) is 54.3 Å². The summed E-state index contributed by atoms with van der Waals surface area (Å²) in [6.45, 7) is 0.188. The molecule has 0 radical (unpaired) electrons. The Kier molecular flexibility index (Phi) is 5.90. The van der Waals surface area contributed by atoms with Gasteiger partial charge in [0.15, 0.2) is 0 Å². The van der Waals surface area contributed by atoms with Gasteiger partial charge in [-0.1, -0.05) is 18.2 Å². The first-order valence-corrected chi connectivity index (χ1v) is 10.6. The van der Waals surface area contributed by atoms with Crippen LogP contribution in [0, 0.1) is 0 Å². The molecule has 7 nitrogen and oxygen atoms in total. The van der Waals surface area contributed by atoms with Crippen LogP contribution in [0.4, 0.5) is 11.4 Å². The van der Waals surface area contributed by atoms with Gasteiger partial charge in [-0.25, -0.2) is 0 Å². The zero-order valence-corrected chi connectivity index (χ0v) is 17.3. The molecule has 0 atom stereocenters. The SMILES string of the molecule is O=C(CCCN1C(=O)c2ccccc2C1=O)Nc1ccc(NC(=O)c2cccs2)cc1. The molecule has 2 aromatic carbocycles. The molecule has 4 amide bonds. The molecule has 4 rings (SSSR count). The molecule has 0 saturated heterocycles. The molecule has 2 heterocycles. The molecule has 0 unspecified atom stereocenters. The highest BCUT2D eigenvalue weighted by atomic mass is 32.1. The highest BCUT2D eigenvalue weighted by Gasteiger charge is 2.34. The van der Waals surface area contributed by atoms with Gasteiger partial charge in [0.25, 0.3) is 17.7 Å². The van der Waals surface area contributed by atoms with Crippen LogP contribution in [0.5, 0.6) is 0 Å². The molecule has 156 valence electrons. The Balaban J connectivity index is 1.24. The van der Waals surface area contributed by atoms with Gasteiger partial charge in [-0.15, -0.1) is 11.3 Å². The molecule has 31 heavy (non-hydrogen) atoms. The van der Waals surface area contributed by atoms with Gasteiger partial charge in [0.1, 0.15) is 0 Å². The van der Waals surface area contributed by atoms with Crippen LogP contribution >= 0.6 is 11.3 Å². The summed E-state index contributed by atoms with van der Waals surface area (Å²) in [5.41, 5.74) is 2.04. The molecule has 0 spiro atoms. The van der Waals surface area contributed by atoms with Crippen LogP contribution in [0.15, 0.2) is 66.0 Å². The minimum absolute atomic E-state index is 0.171. The first-order valence-electron chi connectivity index (χ1n) is 9.73. The van der Waals surface area contributed by atoms with Crippen LogP contribution in [0.2, 0.25) is 0 Å². The van der Waals surface area contributed by atoms with E-state index in [0.717, 1.165) is 0 Å². The maximum absolute atomic E-state index is 12.3. The second kappa shape index (κ2) is 8.93. The fraction of sp³-hybridized carbons (Fsp3) is 0.130. The minimum Gasteiger partial charge on any atom is -0.326 e. The summed E-state index contributed by atoms with van der Waals surface area (Å²) in [4.78, 5) is 50.7. The standard InChI is InChI=1S/C23H19N3O4S/c27-20(8-3-13-26-22(29)17-5-1-2-6-18(17)23(26)30)24-15-9-11-16(12-10-15)25-21(28)19-7-4-14-31-19/h1-2,4-7,9-12,14H,3,8,13H2,(H,24,27)(H,25,28). The number of fused-ring (bicyclic) bond motifs is 1. The van der Waals surface area contributed by atoms with Crippen molar-refractivity contribution < 1.29 is 19.2 Å². The lowest BCUT2D eigenvalue weighted by molar-refractivity contribution is -0.116. The fourth-order valence-electron chi connectivity index (χ4n) is 3.30. The Hall–Kier alpha value is -3.78. The zero-order chi connectivity index (χ0) is 21.8. The summed E-state index contributed by atoms with van der Waals surface area (Å²) in [6, 6.07) is 17.1. The number of thiophene rings is 1. The van der Waals surface area contributed by atoms with Crippen molar-refractivity contribution in [3.63, 3.8) is 0 Å². The molecule has 1 aliphatic rings. The van der Waals surface area contributed by atoms with Crippen molar-refractivity contribution in [2.24, 2.45) is 0 Å². The first-order chi connectivity index (χ1) is 15.0. The fourth-order valence-corrected chi connectivity index (χ4v) is 3.92. The van der Waals surface area contributed by atoms with E-state index in [1.165, 1.54) is 16.2 Å². The molecule has 0 fully saturated rings. The zero-order valence-electron chi connectivity index (χ0n) is 16.5. The first kappa shape index (κ1) is 20.5. The molecule has 0 bridgehead atoms. The lowest BCUT2D eigenvalue weighted by Gasteiger charge is -2.13. The van der Waals surface area contributed by atoms with E-state index in [1.807, 2.05) is 11.4 Å². The van der Waals surface area contributed by atoms with Crippen molar-refractivity contribution in [2.45, 2.75) is 12.8 Å². The van der Waals surface area contributed by atoms with E-state index in [9.17, 15) is 19.2 Å². The van der Waals surface area contributed by atoms with Crippen molar-refractivity contribution in [1.82, 2.24) is 4.90 Å². The van der Waals surface area contributed by atoms with Crippen molar-refractivity contribution in [3.05, 3.63) is 82.0 Å². The summed E-state index contributed by atoms with van der Waals surface area (Å²) in [5.74, 6) is -1.03. The van der Waals surface area contributed by atoms with Crippen LogP contribution in [0.3, 0.4) is 0 Å². The van der Waals surface area contributed by atoms with E-state index < -0.39 is 0 Å². The average Bonchev–Trinajstić information content (AvgIpc) is 3.39. The molecule has 1 aliphatic heterocycles. The lowest BCUT2D eigenvalue weighted by atomic mass is 10.1. The van der Waals surface area contributed by atoms with Gasteiger partial charge in [-0.3, -0.25) is 24.1 Å². The largest absolute Gasteiger partial charge is 0.326 e. The quantitative estimate of drug-likeness (QED) is 0.550. The number of nitrogens with one attached hydrogen (secondary N) is 2. The van der Waals surface area contributed by atoms with E-state index in [1.54, 1.807) is 54.6 Å². The van der Waals surface area contributed by atoms with E-state index in [-0.39, 0.29) is 36.6 Å². The molecule has 0 saturated carbocycles. The lowest BCUT2D eigenvalue weighted by Crippen LogP contribution is -2.31. The smallest absolute Gasteiger partial charge is 0.265 e. The van der Waals surface area contributed by atoms with E-state index in [4.69, 9.17) is 0 Å². The number of hydrogen-bond acceptors (Lipinski definition) is 5. The monoisotopic (exact) mass is 433 g/mol. The normalized spacial score (nSPS) is 12.6. The number of hydrogen-bond donors (Lipinski definition) is 2. The summed E-state index contributed by atoms with van der Waals surface area (Å²) in [7, 11) is 0. The molecular weight excluding hydrogens is 414 g/mol. The van der Waals surface area contributed by atoms with Crippen molar-refractivity contribution in [3.8, 4) is 0 Å². The van der Waals surface area contributed by atoms with Crippen LogP contribution in [0.25, 0.3) is 0 Å². The number of imide groups is 1. The van der Waals surface area contributed by atoms with Gasteiger partial charge >= 0.3 is 0 Å². The average molecular weight is 433 g/mol. The van der Waals surface area contributed by atoms with Crippen LogP contribution in [-0.2, 0) is 4.79 Å². The van der Waals surface area contributed by atoms with E-state index in [2.05, 4.69) is 10.6 Å². The Morgan fingerprint density at radius 3 is 2.00 bits per heavy atom. The Labute approximate surface area is 182 Å². The highest BCUT2D eigenvalue weighted by molar-refractivity contribution is 7.12. The Bertz CT molecular complexity index is 1100. The van der Waals surface area contributed by atoms with Gasteiger partial charge in [0.2, 0.25) is 5.91 Å². The minimum atomic E-state index is -0.318. The number of rotatable bonds is 7. The number of anilines is 2. The topological polar surface area (TPSA) is 95.6 Å². The van der Waals surface area contributed by atoms with Crippen molar-refractivity contribution >= 4 is 46.3 Å². The van der Waals surface area contributed by atoms with Gasteiger partial charge in [0, 0.05) is 24.3 Å². The summed E-state index contributed by atoms with van der Waals surface area (Å²) < 4.78 is 0. The highest BCUT2D eigenvalue weighted by Crippen LogP contribution is 2.23. The molecular formula is C23H19N3O4S. The molecule has 0 aliphatic carbocycles. The van der Waals surface area contributed by atoms with Crippen molar-refractivity contribution in [2.75, 3.05) is 17.2 Å². The number of carbonyl (C=O) groups is 4. The van der Waals surface area contributed by atoms with Gasteiger partial charge < -0.3 is 10.6 Å². The van der Waals surface area contributed by atoms with E-state index >= 15 is 0 Å². The summed E-state index contributed by atoms with van der Waals surface area (Å²) in [6.07, 6.45) is 0.538. The third kappa shape index (κ3) is 4.54. The maximum Gasteiger partial charge on any atom is 0.265 e. The van der Waals surface area contributed by atoms with Gasteiger partial charge in [0.05, 0.1) is 16.0 Å². The molecule has 8 heteroatoms. The predicted octanol–water partition coefficient (Wildman–Crippen LogP) is 4.02. The third-order valence-electron chi connectivity index (χ3n) is 4.84. The molecule has 3 aromatic rings. The van der Waals surface area contributed by atoms with Crippen LogP contribution in [0.1, 0.15) is 43.2 Å². The van der Waals surface area contributed by atoms with Crippen molar-refractivity contribution in [1.29, 1.82) is 0 Å². The van der Waals surface area contributed by atoms with Gasteiger partial charge in [-0.2, -0.15) is 0 Å². The third-order valence-corrected chi connectivity index (χ3v) is 5.70. The second-order valence-electron chi connectivity index (χ2n) is 6.97. The number of benzene rings is 2. The number of nitrogens with zero attached hydrogens (tertiary/aromatic N) is 1. The van der Waals surface area contributed by atoms with Crippen LogP contribution in [-0.4, -0.2) is 35.1 Å².